The average molecular weight is 278 g/mol. The van der Waals surface area contributed by atoms with Crippen LogP contribution in [-0.4, -0.2) is 16.9 Å². The molecule has 19 heavy (non-hydrogen) atoms. The van der Waals surface area contributed by atoms with Crippen LogP contribution in [0.2, 0.25) is 0 Å². The molecule has 1 atom stereocenters. The van der Waals surface area contributed by atoms with Gasteiger partial charge in [-0.1, -0.05) is 56.2 Å². The Hall–Kier alpha value is -1.42. The molecule has 3 N–H and O–H groups in total. The van der Waals surface area contributed by atoms with Gasteiger partial charge >= 0.3 is 0 Å². The molecule has 0 aliphatic rings. The first-order chi connectivity index (χ1) is 9.02. The van der Waals surface area contributed by atoms with Gasteiger partial charge in [-0.25, -0.2) is 0 Å². The molecule has 0 heterocycles. The van der Waals surface area contributed by atoms with E-state index in [0.29, 0.717) is 11.4 Å². The topological polar surface area (TPSA) is 55.1 Å². The summed E-state index contributed by atoms with van der Waals surface area (Å²) in [6.07, 6.45) is 3.72. The lowest BCUT2D eigenvalue weighted by atomic mass is 10.1. The van der Waals surface area contributed by atoms with Crippen LogP contribution in [0.1, 0.15) is 44.2 Å². The van der Waals surface area contributed by atoms with Crippen LogP contribution in [0.25, 0.3) is 0 Å². The summed E-state index contributed by atoms with van der Waals surface area (Å²) in [5.41, 5.74) is 7.33. The van der Waals surface area contributed by atoms with E-state index in [4.69, 9.17) is 18.0 Å². The number of thiocarbonyl (C=S) groups is 1. The quantitative estimate of drug-likeness (QED) is 0.754. The lowest BCUT2D eigenvalue weighted by Gasteiger charge is -2.13. The maximum absolute atomic E-state index is 11.8. The minimum atomic E-state index is 0.0617. The third-order valence-corrected chi connectivity index (χ3v) is 3.24. The Kier molecular flexibility index (Phi) is 6.50. The van der Waals surface area contributed by atoms with Crippen LogP contribution in [0.15, 0.2) is 24.3 Å². The van der Waals surface area contributed by atoms with Gasteiger partial charge in [0.15, 0.2) is 0 Å². The number of carbonyl (C=O) groups excluding carboxylic acids is 1. The zero-order valence-corrected chi connectivity index (χ0v) is 12.4. The molecule has 0 saturated heterocycles. The minimum Gasteiger partial charge on any atom is -0.389 e. The Morgan fingerprint density at radius 1 is 1.37 bits per heavy atom. The normalized spacial score (nSPS) is 11.9. The van der Waals surface area contributed by atoms with Gasteiger partial charge in [0.25, 0.3) is 0 Å². The second-order valence-corrected chi connectivity index (χ2v) is 5.29. The molecular weight excluding hydrogens is 256 g/mol. The van der Waals surface area contributed by atoms with Gasteiger partial charge in [0.1, 0.15) is 4.99 Å². The van der Waals surface area contributed by atoms with Crippen molar-refractivity contribution in [3.8, 4) is 0 Å². The fourth-order valence-corrected chi connectivity index (χ4v) is 2.02. The number of nitrogens with one attached hydrogen (secondary N) is 1. The molecule has 1 aromatic carbocycles. The van der Waals surface area contributed by atoms with Gasteiger partial charge in [0.2, 0.25) is 5.91 Å². The van der Waals surface area contributed by atoms with E-state index >= 15 is 0 Å². The maximum Gasteiger partial charge on any atom is 0.224 e. The van der Waals surface area contributed by atoms with Gasteiger partial charge in [0, 0.05) is 11.6 Å². The molecule has 0 saturated carbocycles. The second-order valence-electron chi connectivity index (χ2n) is 4.85. The van der Waals surface area contributed by atoms with Crippen LogP contribution in [0.4, 0.5) is 0 Å². The smallest absolute Gasteiger partial charge is 0.224 e. The average Bonchev–Trinajstić information content (AvgIpc) is 2.36. The Bertz CT molecular complexity index is 428. The van der Waals surface area contributed by atoms with Crippen molar-refractivity contribution in [2.75, 3.05) is 0 Å². The van der Waals surface area contributed by atoms with Gasteiger partial charge in [-0.05, 0) is 18.9 Å². The summed E-state index contributed by atoms with van der Waals surface area (Å²) < 4.78 is 0. The number of hydrogen-bond acceptors (Lipinski definition) is 2. The van der Waals surface area contributed by atoms with Crippen LogP contribution < -0.4 is 11.1 Å². The minimum absolute atomic E-state index is 0.0617. The molecule has 0 aromatic heterocycles. The summed E-state index contributed by atoms with van der Waals surface area (Å²) in [4.78, 5) is 12.2. The molecule has 1 unspecified atom stereocenters. The highest BCUT2D eigenvalue weighted by Crippen LogP contribution is 2.06. The molecule has 0 fully saturated rings. The molecule has 0 aliphatic carbocycles. The van der Waals surface area contributed by atoms with Gasteiger partial charge in [-0.3, -0.25) is 4.79 Å². The van der Waals surface area contributed by atoms with Crippen molar-refractivity contribution in [3.05, 3.63) is 35.4 Å². The van der Waals surface area contributed by atoms with Crippen molar-refractivity contribution in [2.24, 2.45) is 5.73 Å². The number of rotatable bonds is 7. The lowest BCUT2D eigenvalue weighted by molar-refractivity contribution is -0.121. The Morgan fingerprint density at radius 2 is 2.00 bits per heavy atom. The van der Waals surface area contributed by atoms with E-state index in [9.17, 15) is 4.79 Å². The summed E-state index contributed by atoms with van der Waals surface area (Å²) in [7, 11) is 0. The van der Waals surface area contributed by atoms with E-state index in [1.54, 1.807) is 0 Å². The van der Waals surface area contributed by atoms with E-state index < -0.39 is 0 Å². The zero-order chi connectivity index (χ0) is 14.3. The van der Waals surface area contributed by atoms with E-state index in [2.05, 4.69) is 12.2 Å². The molecule has 0 spiro atoms. The monoisotopic (exact) mass is 278 g/mol. The second kappa shape index (κ2) is 7.89. The predicted octanol–water partition coefficient (Wildman–Crippen LogP) is 2.56. The van der Waals surface area contributed by atoms with Crippen LogP contribution in [0.3, 0.4) is 0 Å². The summed E-state index contributed by atoms with van der Waals surface area (Å²) in [5.74, 6) is 0.0617. The molecule has 1 amide bonds. The molecule has 0 bridgehead atoms. The molecule has 1 aromatic rings. The Balaban J connectivity index is 2.45. The highest BCUT2D eigenvalue weighted by molar-refractivity contribution is 7.80. The van der Waals surface area contributed by atoms with Crippen LogP contribution in [0, 0.1) is 0 Å². The fraction of sp³-hybridized carbons (Fsp3) is 0.467. The number of carbonyl (C=O) groups is 1. The first-order valence-corrected chi connectivity index (χ1v) is 7.12. The van der Waals surface area contributed by atoms with Crippen molar-refractivity contribution in [1.29, 1.82) is 0 Å². The summed E-state index contributed by atoms with van der Waals surface area (Å²) in [6, 6.07) is 7.73. The standard InChI is InChI=1S/C15H22N2OS/c1-3-4-5-11(2)17-14(18)10-12-6-8-13(9-7-12)15(16)19/h6-9,11H,3-5,10H2,1-2H3,(H2,16,19)(H,17,18). The van der Waals surface area contributed by atoms with Gasteiger partial charge in [-0.15, -0.1) is 0 Å². The highest BCUT2D eigenvalue weighted by atomic mass is 32.1. The van der Waals surface area contributed by atoms with E-state index in [-0.39, 0.29) is 11.9 Å². The predicted molar refractivity (Wildman–Crippen MR) is 83.2 cm³/mol. The van der Waals surface area contributed by atoms with Crippen molar-refractivity contribution in [1.82, 2.24) is 5.32 Å². The first-order valence-electron chi connectivity index (χ1n) is 6.71. The largest absolute Gasteiger partial charge is 0.389 e. The van der Waals surface area contributed by atoms with Crippen molar-refractivity contribution in [3.63, 3.8) is 0 Å². The number of benzene rings is 1. The Morgan fingerprint density at radius 3 is 2.53 bits per heavy atom. The van der Waals surface area contributed by atoms with Gasteiger partial charge in [0.05, 0.1) is 6.42 Å². The van der Waals surface area contributed by atoms with Crippen molar-refractivity contribution < 1.29 is 4.79 Å². The number of amides is 1. The van der Waals surface area contributed by atoms with Crippen LogP contribution in [0.5, 0.6) is 0 Å². The van der Waals surface area contributed by atoms with E-state index in [1.807, 2.05) is 31.2 Å². The van der Waals surface area contributed by atoms with E-state index in [1.165, 1.54) is 0 Å². The third kappa shape index (κ3) is 5.83. The molecule has 0 aliphatic heterocycles. The number of hydrogen-bond donors (Lipinski definition) is 2. The summed E-state index contributed by atoms with van der Waals surface area (Å²) >= 11 is 4.89. The summed E-state index contributed by atoms with van der Waals surface area (Å²) in [6.45, 7) is 4.20. The molecular formula is C15H22N2OS. The van der Waals surface area contributed by atoms with E-state index in [0.717, 1.165) is 30.4 Å². The zero-order valence-electron chi connectivity index (χ0n) is 11.6. The first kappa shape index (κ1) is 15.6. The summed E-state index contributed by atoms with van der Waals surface area (Å²) in [5, 5.41) is 3.01. The third-order valence-electron chi connectivity index (χ3n) is 3.00. The molecule has 1 rings (SSSR count). The van der Waals surface area contributed by atoms with Crippen LogP contribution in [-0.2, 0) is 11.2 Å². The Labute approximate surface area is 120 Å². The van der Waals surface area contributed by atoms with Gasteiger partial charge in [-0.2, -0.15) is 0 Å². The number of unbranched alkanes of at least 4 members (excludes halogenated alkanes) is 1. The van der Waals surface area contributed by atoms with Gasteiger partial charge < -0.3 is 11.1 Å². The van der Waals surface area contributed by atoms with Crippen LogP contribution >= 0.6 is 12.2 Å². The molecule has 0 radical (unpaired) electrons. The molecule has 4 heteroatoms. The van der Waals surface area contributed by atoms with Crippen molar-refractivity contribution in [2.45, 2.75) is 45.6 Å². The number of nitrogens with two attached hydrogens (primary N) is 1. The molecule has 3 nitrogen and oxygen atoms in total. The highest BCUT2D eigenvalue weighted by Gasteiger charge is 2.08. The van der Waals surface area contributed by atoms with Crippen molar-refractivity contribution >= 4 is 23.1 Å². The molecule has 104 valence electrons. The maximum atomic E-state index is 11.8. The lowest BCUT2D eigenvalue weighted by Crippen LogP contribution is -2.33. The SMILES string of the molecule is CCCCC(C)NC(=O)Cc1ccc(C(N)=S)cc1. The fourth-order valence-electron chi connectivity index (χ4n) is 1.88.